The minimum atomic E-state index is -1.33. The highest BCUT2D eigenvalue weighted by atomic mass is 19.1. The van der Waals surface area contributed by atoms with Crippen LogP contribution in [0.1, 0.15) is 31.4 Å². The fourth-order valence-electron chi connectivity index (χ4n) is 3.98. The van der Waals surface area contributed by atoms with Gasteiger partial charge < -0.3 is 14.9 Å². The van der Waals surface area contributed by atoms with Gasteiger partial charge in [0.1, 0.15) is 17.0 Å². The molecule has 3 rings (SSSR count). The molecule has 2 aromatic rings. The van der Waals surface area contributed by atoms with Gasteiger partial charge in [0.15, 0.2) is 0 Å². The highest BCUT2D eigenvalue weighted by Crippen LogP contribution is 2.35. The maximum Gasteiger partial charge on any atom is 0.313 e. The molecule has 1 aliphatic rings. The molecule has 0 unspecified atom stereocenters. The molecule has 2 atom stereocenters. The van der Waals surface area contributed by atoms with E-state index in [-0.39, 0.29) is 18.8 Å². The number of carboxylic acids is 1. The van der Waals surface area contributed by atoms with E-state index < -0.39 is 17.5 Å². The monoisotopic (exact) mass is 415 g/mol. The predicted molar refractivity (Wildman–Crippen MR) is 113 cm³/mol. The lowest BCUT2D eigenvalue weighted by atomic mass is 9.72. The lowest BCUT2D eigenvalue weighted by Gasteiger charge is -2.43. The van der Waals surface area contributed by atoms with Gasteiger partial charge in [-0.2, -0.15) is 0 Å². The fourth-order valence-corrected chi connectivity index (χ4v) is 3.98. The van der Waals surface area contributed by atoms with Gasteiger partial charge in [0.05, 0.1) is 12.7 Å². The summed E-state index contributed by atoms with van der Waals surface area (Å²) in [5.41, 5.74) is 0.402. The van der Waals surface area contributed by atoms with Crippen molar-refractivity contribution in [2.75, 3.05) is 19.7 Å². The lowest BCUT2D eigenvalue weighted by Crippen LogP contribution is -2.56. The van der Waals surface area contributed by atoms with Gasteiger partial charge in [0.25, 0.3) is 0 Å². The predicted octanol–water partition coefficient (Wildman–Crippen LogP) is 3.74. The van der Waals surface area contributed by atoms with Crippen LogP contribution in [0.5, 0.6) is 5.75 Å². The molecule has 0 aromatic heterocycles. The normalized spacial score (nSPS) is 22.2. The zero-order valence-electron chi connectivity index (χ0n) is 17.6. The number of aliphatic hydroxyl groups is 1. The van der Waals surface area contributed by atoms with Gasteiger partial charge in [0.2, 0.25) is 0 Å². The van der Waals surface area contributed by atoms with E-state index in [1.165, 1.54) is 12.1 Å². The third-order valence-corrected chi connectivity index (χ3v) is 5.61. The van der Waals surface area contributed by atoms with Crippen LogP contribution in [0.25, 0.3) is 0 Å². The highest BCUT2D eigenvalue weighted by molar-refractivity contribution is 5.76. The Morgan fingerprint density at radius 1 is 1.23 bits per heavy atom. The molecule has 30 heavy (non-hydrogen) atoms. The number of carbonyl (C=O) groups is 1. The number of carboxylic acid groups (broad SMARTS) is 1. The Balaban J connectivity index is 1.75. The molecule has 6 heteroatoms. The number of aliphatic carboxylic acids is 1. The summed E-state index contributed by atoms with van der Waals surface area (Å²) in [5.74, 6) is -0.166. The first kappa shape index (κ1) is 22.2. The van der Waals surface area contributed by atoms with Crippen molar-refractivity contribution < 1.29 is 24.1 Å². The summed E-state index contributed by atoms with van der Waals surface area (Å²) in [4.78, 5) is 14.3. The van der Waals surface area contributed by atoms with Crippen LogP contribution in [0.3, 0.4) is 0 Å². The SMILES string of the molecule is CC(C)COc1cccc(CN2CC[C@@H](O)[C@](Cc3ccc(F)cc3)(C(=O)O)C2)c1. The van der Waals surface area contributed by atoms with Crippen molar-refractivity contribution in [3.05, 3.63) is 65.5 Å². The molecule has 0 aliphatic carbocycles. The van der Waals surface area contributed by atoms with Crippen LogP contribution in [0.4, 0.5) is 4.39 Å². The first-order chi connectivity index (χ1) is 14.3. The smallest absolute Gasteiger partial charge is 0.313 e. The molecular formula is C24H30FNO4. The number of rotatable bonds is 8. The maximum atomic E-state index is 13.2. The first-order valence-electron chi connectivity index (χ1n) is 10.4. The van der Waals surface area contributed by atoms with E-state index in [1.54, 1.807) is 12.1 Å². The van der Waals surface area contributed by atoms with Gasteiger partial charge >= 0.3 is 5.97 Å². The Labute approximate surface area is 177 Å². The quantitative estimate of drug-likeness (QED) is 0.687. The Morgan fingerprint density at radius 3 is 2.63 bits per heavy atom. The van der Waals surface area contributed by atoms with Crippen molar-refractivity contribution >= 4 is 5.97 Å². The van der Waals surface area contributed by atoms with Crippen LogP contribution in [0.2, 0.25) is 0 Å². The van der Waals surface area contributed by atoms with Crippen molar-refractivity contribution in [2.45, 2.75) is 39.3 Å². The Morgan fingerprint density at radius 2 is 1.97 bits per heavy atom. The summed E-state index contributed by atoms with van der Waals surface area (Å²) < 4.78 is 19.0. The van der Waals surface area contributed by atoms with Crippen molar-refractivity contribution in [3.63, 3.8) is 0 Å². The largest absolute Gasteiger partial charge is 0.493 e. The van der Waals surface area contributed by atoms with Gasteiger partial charge in [-0.1, -0.05) is 38.1 Å². The van der Waals surface area contributed by atoms with Crippen LogP contribution in [0, 0.1) is 17.2 Å². The summed E-state index contributed by atoms with van der Waals surface area (Å²) >= 11 is 0. The van der Waals surface area contributed by atoms with Crippen LogP contribution >= 0.6 is 0 Å². The van der Waals surface area contributed by atoms with Gasteiger partial charge in [0, 0.05) is 19.6 Å². The minimum absolute atomic E-state index is 0.151. The minimum Gasteiger partial charge on any atom is -0.493 e. The van der Waals surface area contributed by atoms with Gasteiger partial charge in [-0.05, 0) is 54.2 Å². The van der Waals surface area contributed by atoms with E-state index in [9.17, 15) is 19.4 Å². The van der Waals surface area contributed by atoms with Crippen LogP contribution in [-0.2, 0) is 17.8 Å². The topological polar surface area (TPSA) is 70.0 Å². The van der Waals surface area contributed by atoms with Crippen LogP contribution < -0.4 is 4.74 Å². The van der Waals surface area contributed by atoms with Crippen molar-refractivity contribution in [1.82, 2.24) is 4.90 Å². The number of likely N-dealkylation sites (tertiary alicyclic amines) is 1. The summed E-state index contributed by atoms with van der Waals surface area (Å²) in [6.07, 6.45) is -0.438. The Hall–Kier alpha value is -2.44. The van der Waals surface area contributed by atoms with Crippen molar-refractivity contribution in [3.8, 4) is 5.75 Å². The third-order valence-electron chi connectivity index (χ3n) is 5.61. The van der Waals surface area contributed by atoms with Gasteiger partial charge in [-0.3, -0.25) is 9.69 Å². The van der Waals surface area contributed by atoms with Crippen LogP contribution in [0.15, 0.2) is 48.5 Å². The average Bonchev–Trinajstić information content (AvgIpc) is 2.71. The van der Waals surface area contributed by atoms with E-state index in [4.69, 9.17) is 4.74 Å². The zero-order valence-corrected chi connectivity index (χ0v) is 17.6. The van der Waals surface area contributed by atoms with E-state index in [0.29, 0.717) is 37.6 Å². The Bertz CT molecular complexity index is 855. The second-order valence-corrected chi connectivity index (χ2v) is 8.63. The van der Waals surface area contributed by atoms with E-state index >= 15 is 0 Å². The molecule has 2 aromatic carbocycles. The standard InChI is InChI=1S/C24H30FNO4/c1-17(2)15-30-21-5-3-4-19(12-21)14-26-11-10-22(27)24(16-26,23(28)29)13-18-6-8-20(25)9-7-18/h3-9,12,17,22,27H,10-11,13-16H2,1-2H3,(H,28,29)/t22-,24-/m1/s1. The molecule has 0 amide bonds. The molecule has 0 bridgehead atoms. The number of hydrogen-bond donors (Lipinski definition) is 2. The number of halogens is 1. The molecule has 1 fully saturated rings. The van der Waals surface area contributed by atoms with E-state index in [1.807, 2.05) is 24.3 Å². The van der Waals surface area contributed by atoms with E-state index in [0.717, 1.165) is 11.3 Å². The number of aliphatic hydroxyl groups excluding tert-OH is 1. The highest BCUT2D eigenvalue weighted by Gasteiger charge is 2.49. The number of nitrogens with zero attached hydrogens (tertiary/aromatic N) is 1. The number of ether oxygens (including phenoxy) is 1. The molecule has 1 saturated heterocycles. The Kier molecular flexibility index (Phi) is 7.10. The number of piperidine rings is 1. The molecule has 162 valence electrons. The zero-order chi connectivity index (χ0) is 21.7. The second-order valence-electron chi connectivity index (χ2n) is 8.63. The van der Waals surface area contributed by atoms with Crippen LogP contribution in [-0.4, -0.2) is 46.9 Å². The fraction of sp³-hybridized carbons (Fsp3) is 0.458. The van der Waals surface area contributed by atoms with Crippen molar-refractivity contribution in [2.24, 2.45) is 11.3 Å². The molecule has 1 aliphatic heterocycles. The summed E-state index contributed by atoms with van der Waals surface area (Å²) in [6.45, 7) is 6.23. The third kappa shape index (κ3) is 5.37. The van der Waals surface area contributed by atoms with Crippen molar-refractivity contribution in [1.29, 1.82) is 0 Å². The summed E-state index contributed by atoms with van der Waals surface area (Å²) in [6, 6.07) is 13.6. The summed E-state index contributed by atoms with van der Waals surface area (Å²) in [5, 5.41) is 20.7. The van der Waals surface area contributed by atoms with E-state index in [2.05, 4.69) is 18.7 Å². The molecule has 5 nitrogen and oxygen atoms in total. The molecular weight excluding hydrogens is 385 g/mol. The van der Waals surface area contributed by atoms with Gasteiger partial charge in [-0.25, -0.2) is 4.39 Å². The molecule has 1 heterocycles. The second kappa shape index (κ2) is 9.58. The maximum absolute atomic E-state index is 13.2. The molecule has 0 saturated carbocycles. The number of benzene rings is 2. The summed E-state index contributed by atoms with van der Waals surface area (Å²) in [7, 11) is 0. The average molecular weight is 416 g/mol. The van der Waals surface area contributed by atoms with Gasteiger partial charge in [-0.15, -0.1) is 0 Å². The molecule has 2 N–H and O–H groups in total. The lowest BCUT2D eigenvalue weighted by molar-refractivity contribution is -0.163. The number of hydrogen-bond acceptors (Lipinski definition) is 4. The molecule has 0 radical (unpaired) electrons. The molecule has 0 spiro atoms. The first-order valence-corrected chi connectivity index (χ1v) is 10.4.